The van der Waals surface area contributed by atoms with Crippen molar-refractivity contribution < 1.29 is 4.79 Å². The highest BCUT2D eigenvalue weighted by molar-refractivity contribution is 7.11. The van der Waals surface area contributed by atoms with E-state index in [1.807, 2.05) is 23.5 Å². The number of primary amides is 1. The van der Waals surface area contributed by atoms with Gasteiger partial charge in [0, 0.05) is 17.0 Å². The smallest absolute Gasteiger partial charge is 0.248 e. The Bertz CT molecular complexity index is 640. The van der Waals surface area contributed by atoms with Gasteiger partial charge in [-0.1, -0.05) is 12.1 Å². The molecule has 116 valence electrons. The van der Waals surface area contributed by atoms with Crippen LogP contribution in [-0.2, 0) is 25.9 Å². The Hall–Kier alpha value is -1.72. The van der Waals surface area contributed by atoms with Crippen molar-refractivity contribution in [3.05, 3.63) is 51.0 Å². The third-order valence-corrected chi connectivity index (χ3v) is 5.13. The van der Waals surface area contributed by atoms with Crippen molar-refractivity contribution >= 4 is 17.2 Å². The Labute approximate surface area is 135 Å². The molecule has 0 spiro atoms. The van der Waals surface area contributed by atoms with Crippen molar-refractivity contribution in [3.63, 3.8) is 0 Å². The zero-order valence-corrected chi connectivity index (χ0v) is 13.7. The summed E-state index contributed by atoms with van der Waals surface area (Å²) in [6, 6.07) is 7.49. The van der Waals surface area contributed by atoms with Crippen LogP contribution in [0, 0.1) is 0 Å². The number of thiazole rings is 1. The number of benzene rings is 1. The average Bonchev–Trinajstić information content (AvgIpc) is 2.89. The van der Waals surface area contributed by atoms with E-state index in [1.54, 1.807) is 12.1 Å². The van der Waals surface area contributed by atoms with Gasteiger partial charge in [0.25, 0.3) is 0 Å². The fourth-order valence-corrected chi connectivity index (χ4v) is 4.08. The fourth-order valence-electron chi connectivity index (χ4n) is 2.85. The first-order valence-corrected chi connectivity index (χ1v) is 8.48. The summed E-state index contributed by atoms with van der Waals surface area (Å²) in [6.45, 7) is 1.71. The van der Waals surface area contributed by atoms with Gasteiger partial charge in [-0.3, -0.25) is 9.69 Å². The average molecular weight is 315 g/mol. The molecule has 0 radical (unpaired) electrons. The van der Waals surface area contributed by atoms with E-state index in [9.17, 15) is 4.79 Å². The molecule has 0 bridgehead atoms. The number of nitrogens with two attached hydrogens (primary N) is 1. The van der Waals surface area contributed by atoms with E-state index in [-0.39, 0.29) is 5.91 Å². The molecular weight excluding hydrogens is 294 g/mol. The summed E-state index contributed by atoms with van der Waals surface area (Å²) in [5, 5.41) is 1.21. The molecule has 4 nitrogen and oxygen atoms in total. The van der Waals surface area contributed by atoms with Crippen LogP contribution in [0.15, 0.2) is 24.3 Å². The SMILES string of the molecule is CN(Cc1ccc(C(N)=O)cc1)Cc1nc2c(s1)CCCC2. The quantitative estimate of drug-likeness (QED) is 0.923. The molecule has 1 heterocycles. The van der Waals surface area contributed by atoms with Gasteiger partial charge in [-0.2, -0.15) is 0 Å². The minimum atomic E-state index is -0.381. The Balaban J connectivity index is 1.61. The number of hydrogen-bond donors (Lipinski definition) is 1. The van der Waals surface area contributed by atoms with Crippen molar-refractivity contribution in [2.45, 2.75) is 38.8 Å². The van der Waals surface area contributed by atoms with Crippen LogP contribution in [0.25, 0.3) is 0 Å². The van der Waals surface area contributed by atoms with Gasteiger partial charge in [0.15, 0.2) is 0 Å². The van der Waals surface area contributed by atoms with Crippen molar-refractivity contribution in [1.82, 2.24) is 9.88 Å². The predicted octanol–water partition coefficient (Wildman–Crippen LogP) is 2.75. The summed E-state index contributed by atoms with van der Waals surface area (Å²) in [4.78, 5) is 19.6. The third kappa shape index (κ3) is 3.54. The number of fused-ring (bicyclic) bond motifs is 1. The van der Waals surface area contributed by atoms with Gasteiger partial charge in [0.05, 0.1) is 12.2 Å². The first-order chi connectivity index (χ1) is 10.6. The van der Waals surface area contributed by atoms with Gasteiger partial charge in [-0.05, 0) is 50.4 Å². The second kappa shape index (κ2) is 6.58. The van der Waals surface area contributed by atoms with E-state index in [2.05, 4.69) is 11.9 Å². The lowest BCUT2D eigenvalue weighted by Crippen LogP contribution is -2.17. The largest absolute Gasteiger partial charge is 0.366 e. The molecule has 2 N–H and O–H groups in total. The summed E-state index contributed by atoms with van der Waals surface area (Å²) in [7, 11) is 2.10. The lowest BCUT2D eigenvalue weighted by atomic mass is 10.0. The lowest BCUT2D eigenvalue weighted by Gasteiger charge is -2.15. The van der Waals surface area contributed by atoms with Crippen molar-refractivity contribution in [1.29, 1.82) is 0 Å². The molecule has 1 aliphatic carbocycles. The number of aryl methyl sites for hydroxylation is 2. The van der Waals surface area contributed by atoms with E-state index in [0.717, 1.165) is 19.5 Å². The molecule has 1 aromatic heterocycles. The monoisotopic (exact) mass is 315 g/mol. The van der Waals surface area contributed by atoms with Crippen molar-refractivity contribution in [3.8, 4) is 0 Å². The highest BCUT2D eigenvalue weighted by Crippen LogP contribution is 2.27. The predicted molar refractivity (Wildman–Crippen MR) is 88.9 cm³/mol. The highest BCUT2D eigenvalue weighted by atomic mass is 32.1. The molecule has 22 heavy (non-hydrogen) atoms. The number of hydrogen-bond acceptors (Lipinski definition) is 4. The van der Waals surface area contributed by atoms with Crippen LogP contribution in [0.3, 0.4) is 0 Å². The van der Waals surface area contributed by atoms with Gasteiger partial charge in [0.2, 0.25) is 5.91 Å². The molecule has 1 aromatic carbocycles. The van der Waals surface area contributed by atoms with E-state index >= 15 is 0 Å². The third-order valence-electron chi connectivity index (χ3n) is 3.99. The standard InChI is InChI=1S/C17H21N3OS/c1-20(10-12-6-8-13(9-7-12)17(18)21)11-16-19-14-4-2-3-5-15(14)22-16/h6-9H,2-5,10-11H2,1H3,(H2,18,21). The number of carbonyl (C=O) groups is 1. The van der Waals surface area contributed by atoms with Crippen LogP contribution in [0.5, 0.6) is 0 Å². The van der Waals surface area contributed by atoms with Gasteiger partial charge < -0.3 is 5.73 Å². The Kier molecular flexibility index (Phi) is 4.55. The Morgan fingerprint density at radius 2 is 1.95 bits per heavy atom. The lowest BCUT2D eigenvalue weighted by molar-refractivity contribution is 0.100. The zero-order valence-electron chi connectivity index (χ0n) is 12.8. The fraction of sp³-hybridized carbons (Fsp3) is 0.412. The maximum absolute atomic E-state index is 11.1. The summed E-state index contributed by atoms with van der Waals surface area (Å²) in [6.07, 6.45) is 4.92. The van der Waals surface area contributed by atoms with E-state index < -0.39 is 0 Å². The summed E-state index contributed by atoms with van der Waals surface area (Å²) >= 11 is 1.87. The summed E-state index contributed by atoms with van der Waals surface area (Å²) in [5.74, 6) is -0.381. The maximum atomic E-state index is 11.1. The Morgan fingerprint density at radius 1 is 1.23 bits per heavy atom. The van der Waals surface area contributed by atoms with Gasteiger partial charge in [0.1, 0.15) is 5.01 Å². The normalized spacial score (nSPS) is 14.1. The van der Waals surface area contributed by atoms with Gasteiger partial charge in [-0.15, -0.1) is 11.3 Å². The minimum Gasteiger partial charge on any atom is -0.366 e. The van der Waals surface area contributed by atoms with Crippen molar-refractivity contribution in [2.24, 2.45) is 5.73 Å². The summed E-state index contributed by atoms with van der Waals surface area (Å²) < 4.78 is 0. The second-order valence-electron chi connectivity index (χ2n) is 5.92. The van der Waals surface area contributed by atoms with E-state index in [4.69, 9.17) is 10.7 Å². The molecule has 1 aliphatic rings. The van der Waals surface area contributed by atoms with Crippen LogP contribution >= 0.6 is 11.3 Å². The molecule has 0 unspecified atom stereocenters. The van der Waals surface area contributed by atoms with Gasteiger partial charge >= 0.3 is 0 Å². The van der Waals surface area contributed by atoms with Crippen LogP contribution in [-0.4, -0.2) is 22.8 Å². The highest BCUT2D eigenvalue weighted by Gasteiger charge is 2.15. The number of nitrogens with zero attached hydrogens (tertiary/aromatic N) is 2. The first-order valence-electron chi connectivity index (χ1n) is 7.66. The molecule has 3 rings (SSSR count). The molecule has 2 aromatic rings. The van der Waals surface area contributed by atoms with Crippen LogP contribution in [0.1, 0.15) is 44.3 Å². The maximum Gasteiger partial charge on any atom is 0.248 e. The van der Waals surface area contributed by atoms with Crippen molar-refractivity contribution in [2.75, 3.05) is 7.05 Å². The molecule has 1 amide bonds. The molecule has 0 saturated heterocycles. The van der Waals surface area contributed by atoms with E-state index in [1.165, 1.54) is 40.4 Å². The number of aromatic nitrogens is 1. The molecule has 5 heteroatoms. The Morgan fingerprint density at radius 3 is 2.64 bits per heavy atom. The van der Waals surface area contributed by atoms with Gasteiger partial charge in [-0.25, -0.2) is 4.98 Å². The number of rotatable bonds is 5. The van der Waals surface area contributed by atoms with Crippen LogP contribution < -0.4 is 5.73 Å². The number of carbonyl (C=O) groups excluding carboxylic acids is 1. The molecule has 0 atom stereocenters. The molecular formula is C17H21N3OS. The zero-order chi connectivity index (χ0) is 15.5. The van der Waals surface area contributed by atoms with E-state index in [0.29, 0.717) is 5.56 Å². The van der Waals surface area contributed by atoms with Crippen LogP contribution in [0.4, 0.5) is 0 Å². The number of amides is 1. The summed E-state index contributed by atoms with van der Waals surface area (Å²) in [5.41, 5.74) is 8.31. The second-order valence-corrected chi connectivity index (χ2v) is 7.09. The first kappa shape index (κ1) is 15.2. The molecule has 0 fully saturated rings. The molecule has 0 saturated carbocycles. The molecule has 0 aliphatic heterocycles. The minimum absolute atomic E-state index is 0.381. The topological polar surface area (TPSA) is 59.2 Å². The van der Waals surface area contributed by atoms with Crippen LogP contribution in [0.2, 0.25) is 0 Å².